The van der Waals surface area contributed by atoms with E-state index in [0.29, 0.717) is 29.1 Å². The first-order chi connectivity index (χ1) is 14.9. The molecule has 31 heavy (non-hydrogen) atoms. The van der Waals surface area contributed by atoms with Crippen LogP contribution in [0.5, 0.6) is 0 Å². The third-order valence-electron chi connectivity index (χ3n) is 5.39. The van der Waals surface area contributed by atoms with Crippen molar-refractivity contribution < 1.29 is 19.1 Å². The molecule has 0 bridgehead atoms. The van der Waals surface area contributed by atoms with Gasteiger partial charge < -0.3 is 19.3 Å². The van der Waals surface area contributed by atoms with E-state index in [0.717, 1.165) is 11.9 Å². The van der Waals surface area contributed by atoms with E-state index in [4.69, 9.17) is 16.0 Å². The van der Waals surface area contributed by atoms with Crippen LogP contribution in [0.1, 0.15) is 28.6 Å². The molecule has 1 aromatic heterocycles. The van der Waals surface area contributed by atoms with Gasteiger partial charge in [0.1, 0.15) is 5.58 Å². The van der Waals surface area contributed by atoms with Gasteiger partial charge in [-0.2, -0.15) is 0 Å². The number of ketones is 1. The number of carbonyl (C=O) groups is 2. The van der Waals surface area contributed by atoms with Gasteiger partial charge >= 0.3 is 0 Å². The molecule has 0 saturated heterocycles. The molecule has 4 rings (SSSR count). The lowest BCUT2D eigenvalue weighted by atomic mass is 9.95. The van der Waals surface area contributed by atoms with Crippen LogP contribution in [0.2, 0.25) is 5.02 Å². The number of aliphatic hydroxyl groups excluding tert-OH is 1. The van der Waals surface area contributed by atoms with Gasteiger partial charge in [0.2, 0.25) is 5.78 Å². The van der Waals surface area contributed by atoms with Crippen molar-refractivity contribution in [2.24, 2.45) is 0 Å². The van der Waals surface area contributed by atoms with Gasteiger partial charge in [-0.05, 0) is 56.9 Å². The maximum Gasteiger partial charge on any atom is 0.290 e. The number of benzene rings is 2. The average Bonchev–Trinajstić information content (AvgIpc) is 3.28. The van der Waals surface area contributed by atoms with E-state index in [2.05, 4.69) is 0 Å². The lowest BCUT2D eigenvalue weighted by Gasteiger charge is -2.27. The van der Waals surface area contributed by atoms with Crippen LogP contribution in [0.15, 0.2) is 70.3 Å². The fraction of sp³-hybridized carbons (Fsp3) is 0.250. The van der Waals surface area contributed by atoms with Crippen molar-refractivity contribution >= 4 is 34.3 Å². The molecule has 1 N–H and O–H groups in total. The first-order valence-electron chi connectivity index (χ1n) is 10.0. The van der Waals surface area contributed by atoms with Crippen LogP contribution in [0.4, 0.5) is 0 Å². The van der Waals surface area contributed by atoms with Crippen LogP contribution < -0.4 is 0 Å². The quantitative estimate of drug-likeness (QED) is 0.545. The van der Waals surface area contributed by atoms with Crippen molar-refractivity contribution in [3.05, 3.63) is 82.3 Å². The second-order valence-corrected chi connectivity index (χ2v) is 8.29. The summed E-state index contributed by atoms with van der Waals surface area (Å²) in [6, 6.07) is 15.1. The van der Waals surface area contributed by atoms with Crippen LogP contribution in [-0.4, -0.2) is 53.8 Å². The minimum atomic E-state index is -0.715. The Labute approximate surface area is 185 Å². The van der Waals surface area contributed by atoms with Crippen LogP contribution in [0, 0.1) is 0 Å². The van der Waals surface area contributed by atoms with Gasteiger partial charge in [-0.25, -0.2) is 0 Å². The Morgan fingerprint density at radius 3 is 2.55 bits per heavy atom. The highest BCUT2D eigenvalue weighted by molar-refractivity contribution is 6.30. The van der Waals surface area contributed by atoms with E-state index in [1.54, 1.807) is 36.4 Å². The molecule has 3 aromatic rings. The van der Waals surface area contributed by atoms with Gasteiger partial charge in [-0.1, -0.05) is 41.9 Å². The third kappa shape index (κ3) is 4.09. The predicted molar refractivity (Wildman–Crippen MR) is 119 cm³/mol. The van der Waals surface area contributed by atoms with E-state index in [1.165, 1.54) is 4.90 Å². The number of carbonyl (C=O) groups excluding carboxylic acids is 2. The number of Topliss-reactive ketones (excluding diaryl/α,β-unsaturated/α-hetero) is 1. The van der Waals surface area contributed by atoms with Crippen molar-refractivity contribution in [1.29, 1.82) is 0 Å². The van der Waals surface area contributed by atoms with Crippen molar-refractivity contribution in [2.45, 2.75) is 12.5 Å². The molecular formula is C24H23ClN2O4. The van der Waals surface area contributed by atoms with E-state index in [-0.39, 0.29) is 11.3 Å². The number of halogens is 1. The van der Waals surface area contributed by atoms with Crippen LogP contribution in [0.25, 0.3) is 11.0 Å². The summed E-state index contributed by atoms with van der Waals surface area (Å²) in [5, 5.41) is 12.0. The Morgan fingerprint density at radius 1 is 1.16 bits per heavy atom. The molecule has 1 aliphatic rings. The largest absolute Gasteiger partial charge is 0.503 e. The Morgan fingerprint density at radius 2 is 1.87 bits per heavy atom. The summed E-state index contributed by atoms with van der Waals surface area (Å²) in [7, 11) is 3.91. The fourth-order valence-electron chi connectivity index (χ4n) is 3.89. The topological polar surface area (TPSA) is 74.0 Å². The number of aliphatic hydroxyl groups is 1. The van der Waals surface area contributed by atoms with E-state index < -0.39 is 23.5 Å². The molecule has 1 aliphatic heterocycles. The number of nitrogens with zero attached hydrogens (tertiary/aromatic N) is 2. The Balaban J connectivity index is 1.74. The monoisotopic (exact) mass is 438 g/mol. The van der Waals surface area contributed by atoms with E-state index in [9.17, 15) is 14.7 Å². The number of fused-ring (bicyclic) bond motifs is 1. The van der Waals surface area contributed by atoms with Crippen molar-refractivity contribution in [1.82, 2.24) is 9.80 Å². The Hall–Kier alpha value is -3.09. The molecule has 0 spiro atoms. The molecule has 0 saturated carbocycles. The van der Waals surface area contributed by atoms with Crippen LogP contribution in [0.3, 0.4) is 0 Å². The van der Waals surface area contributed by atoms with E-state index in [1.807, 2.05) is 37.2 Å². The summed E-state index contributed by atoms with van der Waals surface area (Å²) in [4.78, 5) is 29.9. The summed E-state index contributed by atoms with van der Waals surface area (Å²) in [5.41, 5.74) is 1.29. The molecule has 160 valence electrons. The second kappa shape index (κ2) is 8.57. The summed E-state index contributed by atoms with van der Waals surface area (Å²) in [5.74, 6) is -1.50. The number of para-hydroxylation sites is 1. The summed E-state index contributed by atoms with van der Waals surface area (Å²) in [6.45, 7) is 1.16. The summed E-state index contributed by atoms with van der Waals surface area (Å²) in [6.07, 6.45) is 0.697. The zero-order valence-electron chi connectivity index (χ0n) is 17.3. The predicted octanol–water partition coefficient (Wildman–Crippen LogP) is 4.62. The van der Waals surface area contributed by atoms with Gasteiger partial charge in [-0.15, -0.1) is 0 Å². The zero-order valence-corrected chi connectivity index (χ0v) is 18.1. The highest BCUT2D eigenvalue weighted by Gasteiger charge is 2.44. The Kier molecular flexibility index (Phi) is 5.85. The molecule has 7 heteroatoms. The maximum atomic E-state index is 13.4. The molecule has 0 fully saturated rings. The molecule has 0 aliphatic carbocycles. The molecule has 0 unspecified atom stereocenters. The number of furan rings is 1. The Bertz CT molecular complexity index is 1130. The number of amides is 1. The SMILES string of the molecule is CN(C)CCCN1C(=O)C(O)=C(C(=O)c2cc3ccccc3o2)[C@@H]1c1ccc(Cl)cc1. The lowest BCUT2D eigenvalue weighted by molar-refractivity contribution is -0.129. The summed E-state index contributed by atoms with van der Waals surface area (Å²) < 4.78 is 5.72. The van der Waals surface area contributed by atoms with Crippen molar-refractivity contribution in [2.75, 3.05) is 27.2 Å². The minimum Gasteiger partial charge on any atom is -0.503 e. The van der Waals surface area contributed by atoms with Gasteiger partial charge in [0.05, 0.1) is 11.6 Å². The summed E-state index contributed by atoms with van der Waals surface area (Å²) >= 11 is 6.04. The molecule has 6 nitrogen and oxygen atoms in total. The first-order valence-corrected chi connectivity index (χ1v) is 10.4. The highest BCUT2D eigenvalue weighted by Crippen LogP contribution is 2.40. The molecule has 0 radical (unpaired) electrons. The van der Waals surface area contributed by atoms with Gasteiger partial charge in [0.15, 0.2) is 11.5 Å². The van der Waals surface area contributed by atoms with Crippen molar-refractivity contribution in [3.8, 4) is 0 Å². The first kappa shape index (κ1) is 21.2. The molecule has 2 heterocycles. The molecule has 2 aromatic carbocycles. The maximum absolute atomic E-state index is 13.4. The third-order valence-corrected chi connectivity index (χ3v) is 5.64. The van der Waals surface area contributed by atoms with Gasteiger partial charge in [-0.3, -0.25) is 9.59 Å². The minimum absolute atomic E-state index is 0.0243. The average molecular weight is 439 g/mol. The normalized spacial score (nSPS) is 16.7. The van der Waals surface area contributed by atoms with Gasteiger partial charge in [0, 0.05) is 17.0 Å². The smallest absolute Gasteiger partial charge is 0.290 e. The standard InChI is InChI=1S/C24H23ClN2O4/c1-26(2)12-5-13-27-21(15-8-10-17(25)11-9-15)20(23(29)24(27)30)22(28)19-14-16-6-3-4-7-18(16)31-19/h3-4,6-11,14,21,29H,5,12-13H2,1-2H3/t21-/m0/s1. The second-order valence-electron chi connectivity index (χ2n) is 7.85. The lowest BCUT2D eigenvalue weighted by Crippen LogP contribution is -2.33. The zero-order chi connectivity index (χ0) is 22.1. The molecular weight excluding hydrogens is 416 g/mol. The fourth-order valence-corrected chi connectivity index (χ4v) is 4.02. The molecule has 1 amide bonds. The van der Waals surface area contributed by atoms with Gasteiger partial charge in [0.25, 0.3) is 5.91 Å². The highest BCUT2D eigenvalue weighted by atomic mass is 35.5. The van der Waals surface area contributed by atoms with Crippen molar-refractivity contribution in [3.63, 3.8) is 0 Å². The van der Waals surface area contributed by atoms with Crippen LogP contribution >= 0.6 is 11.6 Å². The number of hydrogen-bond donors (Lipinski definition) is 1. The molecule has 1 atom stereocenters. The van der Waals surface area contributed by atoms with E-state index >= 15 is 0 Å². The van der Waals surface area contributed by atoms with Crippen LogP contribution in [-0.2, 0) is 4.79 Å². The number of rotatable bonds is 7. The number of hydrogen-bond acceptors (Lipinski definition) is 5.